The van der Waals surface area contributed by atoms with E-state index in [-0.39, 0.29) is 11.6 Å². The highest BCUT2D eigenvalue weighted by molar-refractivity contribution is 9.10. The maximum absolute atomic E-state index is 13.6. The SMILES string of the molecule is O=C(Nc1ccc(Br)cc1F)NC1CCCCNC1=O. The van der Waals surface area contributed by atoms with Gasteiger partial charge in [-0.05, 0) is 37.5 Å². The van der Waals surface area contributed by atoms with Gasteiger partial charge in [-0.2, -0.15) is 0 Å². The Morgan fingerprint density at radius 3 is 2.95 bits per heavy atom. The van der Waals surface area contributed by atoms with Gasteiger partial charge in [0.05, 0.1) is 5.69 Å². The van der Waals surface area contributed by atoms with Gasteiger partial charge < -0.3 is 16.0 Å². The lowest BCUT2D eigenvalue weighted by Gasteiger charge is -2.16. The zero-order chi connectivity index (χ0) is 14.5. The summed E-state index contributed by atoms with van der Waals surface area (Å²) in [4.78, 5) is 23.5. The highest BCUT2D eigenvalue weighted by Crippen LogP contribution is 2.19. The average molecular weight is 344 g/mol. The maximum Gasteiger partial charge on any atom is 0.319 e. The van der Waals surface area contributed by atoms with Gasteiger partial charge in [-0.25, -0.2) is 9.18 Å². The molecule has 7 heteroatoms. The highest BCUT2D eigenvalue weighted by atomic mass is 79.9. The fraction of sp³-hybridized carbons (Fsp3) is 0.385. The standard InChI is InChI=1S/C13H15BrFN3O2/c14-8-4-5-10(9(15)7-8)17-13(20)18-11-3-1-2-6-16-12(11)19/h4-5,7,11H,1-3,6H2,(H,16,19)(H2,17,18,20). The summed E-state index contributed by atoms with van der Waals surface area (Å²) in [5.41, 5.74) is 0.0692. The van der Waals surface area contributed by atoms with E-state index < -0.39 is 17.9 Å². The molecule has 108 valence electrons. The molecule has 1 atom stereocenters. The smallest absolute Gasteiger partial charge is 0.319 e. The fourth-order valence-corrected chi connectivity index (χ4v) is 2.32. The predicted octanol–water partition coefficient (Wildman–Crippen LogP) is 2.38. The van der Waals surface area contributed by atoms with Gasteiger partial charge >= 0.3 is 6.03 Å². The topological polar surface area (TPSA) is 70.2 Å². The molecule has 1 unspecified atom stereocenters. The third-order valence-corrected chi connectivity index (χ3v) is 3.51. The van der Waals surface area contributed by atoms with E-state index in [2.05, 4.69) is 31.9 Å². The van der Waals surface area contributed by atoms with E-state index in [4.69, 9.17) is 0 Å². The Labute approximate surface area is 124 Å². The van der Waals surface area contributed by atoms with Crippen LogP contribution in [-0.2, 0) is 4.79 Å². The Balaban J connectivity index is 1.96. The number of carbonyl (C=O) groups excluding carboxylic acids is 2. The van der Waals surface area contributed by atoms with Crippen LogP contribution in [0, 0.1) is 5.82 Å². The molecule has 1 aromatic rings. The van der Waals surface area contributed by atoms with Crippen LogP contribution in [0.5, 0.6) is 0 Å². The van der Waals surface area contributed by atoms with E-state index >= 15 is 0 Å². The molecule has 0 saturated carbocycles. The summed E-state index contributed by atoms with van der Waals surface area (Å²) >= 11 is 3.14. The van der Waals surface area contributed by atoms with Crippen molar-refractivity contribution in [2.24, 2.45) is 0 Å². The van der Waals surface area contributed by atoms with Gasteiger partial charge in [-0.15, -0.1) is 0 Å². The highest BCUT2D eigenvalue weighted by Gasteiger charge is 2.22. The van der Waals surface area contributed by atoms with Gasteiger partial charge in [0.1, 0.15) is 11.9 Å². The Hall–Kier alpha value is -1.63. The van der Waals surface area contributed by atoms with E-state index in [1.807, 2.05) is 0 Å². The summed E-state index contributed by atoms with van der Waals surface area (Å²) in [5.74, 6) is -0.742. The number of carbonyl (C=O) groups is 2. The summed E-state index contributed by atoms with van der Waals surface area (Å²) in [6.45, 7) is 0.625. The van der Waals surface area contributed by atoms with Gasteiger partial charge in [0.25, 0.3) is 0 Å². The van der Waals surface area contributed by atoms with Crippen LogP contribution in [-0.4, -0.2) is 24.5 Å². The zero-order valence-electron chi connectivity index (χ0n) is 10.7. The van der Waals surface area contributed by atoms with Crippen molar-refractivity contribution in [2.45, 2.75) is 25.3 Å². The van der Waals surface area contributed by atoms with Crippen LogP contribution in [0.2, 0.25) is 0 Å². The first-order chi connectivity index (χ1) is 9.56. The monoisotopic (exact) mass is 343 g/mol. The van der Waals surface area contributed by atoms with Crippen molar-refractivity contribution in [3.8, 4) is 0 Å². The minimum Gasteiger partial charge on any atom is -0.354 e. The van der Waals surface area contributed by atoms with E-state index in [0.717, 1.165) is 12.8 Å². The molecule has 0 radical (unpaired) electrons. The van der Waals surface area contributed by atoms with Crippen molar-refractivity contribution >= 4 is 33.6 Å². The number of hydrogen-bond acceptors (Lipinski definition) is 2. The fourth-order valence-electron chi connectivity index (χ4n) is 1.98. The van der Waals surface area contributed by atoms with Crippen molar-refractivity contribution in [3.05, 3.63) is 28.5 Å². The first-order valence-corrected chi connectivity index (χ1v) is 7.16. The number of nitrogens with one attached hydrogen (secondary N) is 3. The summed E-state index contributed by atoms with van der Waals surface area (Å²) in [7, 11) is 0. The molecule has 0 bridgehead atoms. The summed E-state index contributed by atoms with van der Waals surface area (Å²) in [6, 6.07) is 3.17. The number of halogens is 2. The van der Waals surface area contributed by atoms with Crippen LogP contribution in [0.15, 0.2) is 22.7 Å². The molecule has 1 aromatic carbocycles. The minimum atomic E-state index is -0.590. The van der Waals surface area contributed by atoms with E-state index in [1.54, 1.807) is 6.07 Å². The first kappa shape index (κ1) is 14.8. The predicted molar refractivity (Wildman–Crippen MR) is 76.9 cm³/mol. The summed E-state index contributed by atoms with van der Waals surface area (Å²) in [5, 5.41) is 7.68. The lowest BCUT2D eigenvalue weighted by molar-refractivity contribution is -0.122. The Morgan fingerprint density at radius 2 is 2.20 bits per heavy atom. The molecule has 2 rings (SSSR count). The van der Waals surface area contributed by atoms with Crippen molar-refractivity contribution in [1.29, 1.82) is 0 Å². The lowest BCUT2D eigenvalue weighted by atomic mass is 10.1. The van der Waals surface area contributed by atoms with Crippen molar-refractivity contribution in [1.82, 2.24) is 10.6 Å². The third kappa shape index (κ3) is 3.93. The molecule has 3 N–H and O–H groups in total. The molecular weight excluding hydrogens is 329 g/mol. The van der Waals surface area contributed by atoms with E-state index in [0.29, 0.717) is 17.4 Å². The maximum atomic E-state index is 13.6. The van der Waals surface area contributed by atoms with Crippen LogP contribution in [0.25, 0.3) is 0 Å². The molecular formula is C13H15BrFN3O2. The van der Waals surface area contributed by atoms with E-state index in [1.165, 1.54) is 12.1 Å². The van der Waals surface area contributed by atoms with Gasteiger partial charge in [0, 0.05) is 11.0 Å². The quantitative estimate of drug-likeness (QED) is 0.771. The molecule has 0 aliphatic carbocycles. The van der Waals surface area contributed by atoms with Crippen molar-refractivity contribution < 1.29 is 14.0 Å². The number of benzene rings is 1. The third-order valence-electron chi connectivity index (χ3n) is 3.02. The number of urea groups is 1. The summed E-state index contributed by atoms with van der Waals surface area (Å²) in [6.07, 6.45) is 2.34. The second-order valence-electron chi connectivity index (χ2n) is 4.56. The van der Waals surface area contributed by atoms with Crippen LogP contribution >= 0.6 is 15.9 Å². The molecule has 1 fully saturated rings. The van der Waals surface area contributed by atoms with Crippen molar-refractivity contribution in [2.75, 3.05) is 11.9 Å². The molecule has 20 heavy (non-hydrogen) atoms. The van der Waals surface area contributed by atoms with Crippen LogP contribution in [0.3, 0.4) is 0 Å². The van der Waals surface area contributed by atoms with Gasteiger partial charge in [0.15, 0.2) is 0 Å². The summed E-state index contributed by atoms with van der Waals surface area (Å²) < 4.78 is 14.2. The lowest BCUT2D eigenvalue weighted by Crippen LogP contribution is -2.47. The first-order valence-electron chi connectivity index (χ1n) is 6.36. The normalized spacial score (nSPS) is 18.9. The molecule has 1 saturated heterocycles. The zero-order valence-corrected chi connectivity index (χ0v) is 12.3. The van der Waals surface area contributed by atoms with Gasteiger partial charge in [0.2, 0.25) is 5.91 Å². The molecule has 0 spiro atoms. The molecule has 1 aliphatic heterocycles. The van der Waals surface area contributed by atoms with Gasteiger partial charge in [-0.1, -0.05) is 15.9 Å². The molecule has 5 nitrogen and oxygen atoms in total. The second kappa shape index (κ2) is 6.69. The van der Waals surface area contributed by atoms with E-state index in [9.17, 15) is 14.0 Å². The van der Waals surface area contributed by atoms with Crippen LogP contribution in [0.1, 0.15) is 19.3 Å². The number of hydrogen-bond donors (Lipinski definition) is 3. The number of rotatable bonds is 2. The molecule has 3 amide bonds. The molecule has 1 heterocycles. The van der Waals surface area contributed by atoms with Crippen LogP contribution < -0.4 is 16.0 Å². The van der Waals surface area contributed by atoms with Crippen LogP contribution in [0.4, 0.5) is 14.9 Å². The average Bonchev–Trinajstić information content (AvgIpc) is 2.59. The Kier molecular flexibility index (Phi) is 4.94. The Morgan fingerprint density at radius 1 is 1.40 bits per heavy atom. The molecule has 0 aromatic heterocycles. The number of amides is 3. The second-order valence-corrected chi connectivity index (χ2v) is 5.48. The minimum absolute atomic E-state index is 0.0692. The Bertz CT molecular complexity index is 524. The van der Waals surface area contributed by atoms with Gasteiger partial charge in [-0.3, -0.25) is 4.79 Å². The number of anilines is 1. The molecule has 1 aliphatic rings. The largest absolute Gasteiger partial charge is 0.354 e. The van der Waals surface area contributed by atoms with Crippen molar-refractivity contribution in [3.63, 3.8) is 0 Å².